The molecule has 0 spiro atoms. The lowest BCUT2D eigenvalue weighted by atomic mass is 10.0. The molecule has 4 heterocycles. The first-order valence-corrected chi connectivity index (χ1v) is 9.82. The van der Waals surface area contributed by atoms with Crippen molar-refractivity contribution in [2.75, 3.05) is 6.54 Å². The van der Waals surface area contributed by atoms with E-state index in [1.807, 2.05) is 12.3 Å². The SMILES string of the molecule is Cc1cccc2c(CN3CCc4cnc(-c5cccs5)nc4C3)c[nH]c12. The summed E-state index contributed by atoms with van der Waals surface area (Å²) in [5.41, 5.74) is 6.37. The molecule has 0 saturated heterocycles. The lowest BCUT2D eigenvalue weighted by Crippen LogP contribution is -2.31. The first-order valence-electron chi connectivity index (χ1n) is 8.94. The van der Waals surface area contributed by atoms with Gasteiger partial charge in [0.15, 0.2) is 5.82 Å². The lowest BCUT2D eigenvalue weighted by Gasteiger charge is -2.27. The van der Waals surface area contributed by atoms with Gasteiger partial charge in [-0.2, -0.15) is 0 Å². The molecule has 0 fully saturated rings. The van der Waals surface area contributed by atoms with Crippen molar-refractivity contribution in [3.63, 3.8) is 0 Å². The third-order valence-electron chi connectivity index (χ3n) is 5.17. The maximum Gasteiger partial charge on any atom is 0.169 e. The van der Waals surface area contributed by atoms with Gasteiger partial charge in [0, 0.05) is 42.9 Å². The molecular formula is C21H20N4S. The van der Waals surface area contributed by atoms with E-state index in [2.05, 4.69) is 57.6 Å². The van der Waals surface area contributed by atoms with Crippen LogP contribution in [0.5, 0.6) is 0 Å². The van der Waals surface area contributed by atoms with E-state index in [9.17, 15) is 0 Å². The van der Waals surface area contributed by atoms with Crippen LogP contribution < -0.4 is 0 Å². The molecule has 0 radical (unpaired) electrons. The first kappa shape index (κ1) is 15.7. The van der Waals surface area contributed by atoms with Crippen molar-refractivity contribution in [3.05, 3.63) is 70.5 Å². The number of H-pyrrole nitrogens is 1. The highest BCUT2D eigenvalue weighted by Crippen LogP contribution is 2.27. The van der Waals surface area contributed by atoms with Crippen LogP contribution in [-0.2, 0) is 19.5 Å². The van der Waals surface area contributed by atoms with E-state index in [4.69, 9.17) is 4.98 Å². The molecule has 5 heteroatoms. The van der Waals surface area contributed by atoms with E-state index in [0.717, 1.165) is 36.8 Å². The zero-order chi connectivity index (χ0) is 17.5. The van der Waals surface area contributed by atoms with Crippen molar-refractivity contribution >= 4 is 22.2 Å². The van der Waals surface area contributed by atoms with E-state index in [1.165, 1.54) is 33.3 Å². The molecule has 0 bridgehead atoms. The van der Waals surface area contributed by atoms with Crippen LogP contribution in [0.15, 0.2) is 48.1 Å². The maximum atomic E-state index is 4.86. The largest absolute Gasteiger partial charge is 0.361 e. The minimum absolute atomic E-state index is 0.850. The minimum atomic E-state index is 0.850. The maximum absolute atomic E-state index is 4.86. The Hall–Kier alpha value is -2.50. The smallest absolute Gasteiger partial charge is 0.169 e. The summed E-state index contributed by atoms with van der Waals surface area (Å²) < 4.78 is 0. The number of nitrogens with zero attached hydrogens (tertiary/aromatic N) is 3. The molecule has 4 nitrogen and oxygen atoms in total. The molecule has 26 heavy (non-hydrogen) atoms. The van der Waals surface area contributed by atoms with Crippen LogP contribution in [0.25, 0.3) is 21.6 Å². The molecule has 5 rings (SSSR count). The molecule has 1 aliphatic rings. The van der Waals surface area contributed by atoms with Crippen LogP contribution in [0.3, 0.4) is 0 Å². The molecule has 0 atom stereocenters. The Bertz CT molecular complexity index is 1070. The number of benzene rings is 1. The molecule has 130 valence electrons. The summed E-state index contributed by atoms with van der Waals surface area (Å²) in [5, 5.41) is 3.40. The van der Waals surface area contributed by atoms with Crippen LogP contribution in [0.1, 0.15) is 22.4 Å². The van der Waals surface area contributed by atoms with Crippen molar-refractivity contribution < 1.29 is 0 Å². The van der Waals surface area contributed by atoms with Crippen LogP contribution in [0.4, 0.5) is 0 Å². The predicted molar refractivity (Wildman–Crippen MR) is 106 cm³/mol. The number of para-hydroxylation sites is 1. The van der Waals surface area contributed by atoms with Crippen LogP contribution in [0.2, 0.25) is 0 Å². The molecule has 1 N–H and O–H groups in total. The Morgan fingerprint density at radius 2 is 2.19 bits per heavy atom. The lowest BCUT2D eigenvalue weighted by molar-refractivity contribution is 0.242. The number of aromatic nitrogens is 3. The molecule has 0 saturated carbocycles. The molecule has 1 aliphatic heterocycles. The number of aryl methyl sites for hydroxylation is 1. The van der Waals surface area contributed by atoms with Gasteiger partial charge in [0.25, 0.3) is 0 Å². The standard InChI is InChI=1S/C21H20N4S/c1-14-4-2-5-17-16(11-22-20(14)17)12-25-8-7-15-10-23-21(24-18(15)13-25)19-6-3-9-26-19/h2-6,9-11,22H,7-8,12-13H2,1H3. The van der Waals surface area contributed by atoms with E-state index >= 15 is 0 Å². The van der Waals surface area contributed by atoms with Gasteiger partial charge in [0.05, 0.1) is 10.6 Å². The minimum Gasteiger partial charge on any atom is -0.361 e. The fourth-order valence-electron chi connectivity index (χ4n) is 3.75. The highest BCUT2D eigenvalue weighted by molar-refractivity contribution is 7.13. The molecule has 4 aromatic rings. The summed E-state index contributed by atoms with van der Waals surface area (Å²) in [7, 11) is 0. The van der Waals surface area contributed by atoms with Gasteiger partial charge in [-0.3, -0.25) is 4.90 Å². The Kier molecular flexibility index (Phi) is 3.84. The Balaban J connectivity index is 1.41. The van der Waals surface area contributed by atoms with Gasteiger partial charge in [-0.05, 0) is 41.5 Å². The average molecular weight is 360 g/mol. The van der Waals surface area contributed by atoms with Crippen molar-refractivity contribution in [3.8, 4) is 10.7 Å². The van der Waals surface area contributed by atoms with Crippen molar-refractivity contribution in [2.45, 2.75) is 26.4 Å². The van der Waals surface area contributed by atoms with E-state index in [-0.39, 0.29) is 0 Å². The predicted octanol–water partition coefficient (Wildman–Crippen LogP) is 4.55. The number of nitrogens with one attached hydrogen (secondary N) is 1. The van der Waals surface area contributed by atoms with Gasteiger partial charge in [-0.25, -0.2) is 9.97 Å². The second kappa shape index (κ2) is 6.34. The fourth-order valence-corrected chi connectivity index (χ4v) is 4.42. The van der Waals surface area contributed by atoms with Gasteiger partial charge >= 0.3 is 0 Å². The Labute approximate surface area is 156 Å². The molecule has 3 aromatic heterocycles. The summed E-state index contributed by atoms with van der Waals surface area (Å²) in [4.78, 5) is 16.5. The van der Waals surface area contributed by atoms with Gasteiger partial charge < -0.3 is 4.98 Å². The number of hydrogen-bond donors (Lipinski definition) is 1. The zero-order valence-electron chi connectivity index (χ0n) is 14.7. The van der Waals surface area contributed by atoms with E-state index < -0.39 is 0 Å². The summed E-state index contributed by atoms with van der Waals surface area (Å²) in [6.07, 6.45) is 5.19. The van der Waals surface area contributed by atoms with Gasteiger partial charge in [0.2, 0.25) is 0 Å². The number of aromatic amines is 1. The van der Waals surface area contributed by atoms with Crippen LogP contribution in [0, 0.1) is 6.92 Å². The van der Waals surface area contributed by atoms with Crippen LogP contribution in [-0.4, -0.2) is 26.4 Å². The molecule has 0 aliphatic carbocycles. The second-order valence-corrected chi connectivity index (χ2v) is 7.86. The number of thiophene rings is 1. The quantitative estimate of drug-likeness (QED) is 0.583. The molecular weight excluding hydrogens is 340 g/mol. The third kappa shape index (κ3) is 2.73. The van der Waals surface area contributed by atoms with Gasteiger partial charge in [-0.15, -0.1) is 11.3 Å². The van der Waals surface area contributed by atoms with Crippen molar-refractivity contribution in [1.29, 1.82) is 0 Å². The molecule has 0 amide bonds. The fraction of sp³-hybridized carbons (Fsp3) is 0.238. The van der Waals surface area contributed by atoms with Crippen molar-refractivity contribution in [2.24, 2.45) is 0 Å². The topological polar surface area (TPSA) is 44.8 Å². The normalized spacial score (nSPS) is 14.7. The number of rotatable bonds is 3. The van der Waals surface area contributed by atoms with Crippen LogP contribution >= 0.6 is 11.3 Å². The Morgan fingerprint density at radius 3 is 3.08 bits per heavy atom. The number of hydrogen-bond acceptors (Lipinski definition) is 4. The molecule has 0 unspecified atom stereocenters. The summed E-state index contributed by atoms with van der Waals surface area (Å²) >= 11 is 1.69. The zero-order valence-corrected chi connectivity index (χ0v) is 15.5. The van der Waals surface area contributed by atoms with Crippen molar-refractivity contribution in [1.82, 2.24) is 19.9 Å². The highest BCUT2D eigenvalue weighted by atomic mass is 32.1. The summed E-state index contributed by atoms with van der Waals surface area (Å²) in [5.74, 6) is 0.850. The van der Waals surface area contributed by atoms with Gasteiger partial charge in [-0.1, -0.05) is 24.3 Å². The number of fused-ring (bicyclic) bond motifs is 2. The first-order chi connectivity index (χ1) is 12.8. The van der Waals surface area contributed by atoms with Gasteiger partial charge in [0.1, 0.15) is 0 Å². The van der Waals surface area contributed by atoms with E-state index in [0.29, 0.717) is 0 Å². The summed E-state index contributed by atoms with van der Waals surface area (Å²) in [6, 6.07) is 10.6. The molecule has 1 aromatic carbocycles. The third-order valence-corrected chi connectivity index (χ3v) is 6.04. The monoisotopic (exact) mass is 360 g/mol. The highest BCUT2D eigenvalue weighted by Gasteiger charge is 2.20. The average Bonchev–Trinajstić information content (AvgIpc) is 3.32. The Morgan fingerprint density at radius 1 is 1.23 bits per heavy atom. The van der Waals surface area contributed by atoms with E-state index in [1.54, 1.807) is 11.3 Å². The second-order valence-electron chi connectivity index (χ2n) is 6.91. The summed E-state index contributed by atoms with van der Waals surface area (Å²) in [6.45, 7) is 5.03.